The van der Waals surface area contributed by atoms with Gasteiger partial charge < -0.3 is 19.7 Å². The van der Waals surface area contributed by atoms with E-state index in [0.717, 1.165) is 11.8 Å². The lowest BCUT2D eigenvalue weighted by Gasteiger charge is -2.18. The Balaban J connectivity index is 0. The van der Waals surface area contributed by atoms with Crippen LogP contribution in [0.4, 0.5) is 0 Å². The van der Waals surface area contributed by atoms with Crippen molar-refractivity contribution in [3.05, 3.63) is 0 Å². The van der Waals surface area contributed by atoms with E-state index >= 15 is 0 Å². The fourth-order valence-electron chi connectivity index (χ4n) is 1.55. The minimum atomic E-state index is -0.403. The number of aliphatic hydroxyl groups is 2. The van der Waals surface area contributed by atoms with E-state index in [-0.39, 0.29) is 13.2 Å². The molecular weight excluding hydrogens is 232 g/mol. The molecule has 0 saturated carbocycles. The summed E-state index contributed by atoms with van der Waals surface area (Å²) in [6.45, 7) is 8.73. The number of aliphatic hydroxyl groups excluding tert-OH is 2. The molecule has 0 unspecified atom stereocenters. The van der Waals surface area contributed by atoms with Crippen LogP contribution in [-0.4, -0.2) is 49.9 Å². The predicted molar refractivity (Wildman–Crippen MR) is 74.7 cm³/mol. The van der Waals surface area contributed by atoms with E-state index in [4.69, 9.17) is 14.9 Å². The average Bonchev–Trinajstić information content (AvgIpc) is 2.30. The summed E-state index contributed by atoms with van der Waals surface area (Å²) in [5.41, 5.74) is 0. The molecule has 0 aliphatic rings. The standard InChI is InChI=1S/C10H22O.C4H10O3/c1-8(2)6-10(11-5)7-9(3)4;1-7-4(2-5)3-6/h8-10H,6-7H2,1-5H3;4-6H,2-3H2,1H3. The maximum Gasteiger partial charge on any atom is 0.103 e. The monoisotopic (exact) mass is 264 g/mol. The number of methoxy groups -OCH3 is 2. The zero-order valence-electron chi connectivity index (χ0n) is 12.8. The fourth-order valence-corrected chi connectivity index (χ4v) is 1.55. The van der Waals surface area contributed by atoms with Crippen molar-refractivity contribution in [1.29, 1.82) is 0 Å². The molecule has 0 rings (SSSR count). The molecule has 4 heteroatoms. The van der Waals surface area contributed by atoms with Gasteiger partial charge in [-0.15, -0.1) is 0 Å². The van der Waals surface area contributed by atoms with Crippen molar-refractivity contribution >= 4 is 0 Å². The van der Waals surface area contributed by atoms with Gasteiger partial charge in [0.2, 0.25) is 0 Å². The summed E-state index contributed by atoms with van der Waals surface area (Å²) >= 11 is 0. The molecule has 0 amide bonds. The second-order valence-electron chi connectivity index (χ2n) is 5.34. The van der Waals surface area contributed by atoms with Crippen LogP contribution in [0.1, 0.15) is 40.5 Å². The highest BCUT2D eigenvalue weighted by atomic mass is 16.5. The number of ether oxygens (including phenoxy) is 2. The molecule has 0 aromatic heterocycles. The second kappa shape index (κ2) is 13.3. The summed E-state index contributed by atoms with van der Waals surface area (Å²) in [7, 11) is 3.26. The minimum Gasteiger partial charge on any atom is -0.394 e. The summed E-state index contributed by atoms with van der Waals surface area (Å²) < 4.78 is 9.92. The van der Waals surface area contributed by atoms with Crippen LogP contribution in [0, 0.1) is 11.8 Å². The average molecular weight is 264 g/mol. The molecule has 0 heterocycles. The number of hydrogen-bond acceptors (Lipinski definition) is 4. The Morgan fingerprint density at radius 1 is 0.722 bits per heavy atom. The first-order chi connectivity index (χ1) is 8.40. The summed E-state index contributed by atoms with van der Waals surface area (Å²) in [5.74, 6) is 1.50. The minimum absolute atomic E-state index is 0.118. The van der Waals surface area contributed by atoms with Gasteiger partial charge in [0.25, 0.3) is 0 Å². The Morgan fingerprint density at radius 2 is 1.06 bits per heavy atom. The molecular formula is C14H32O4. The van der Waals surface area contributed by atoms with Crippen LogP contribution in [0.25, 0.3) is 0 Å². The Labute approximate surface area is 112 Å². The van der Waals surface area contributed by atoms with Gasteiger partial charge in [-0.2, -0.15) is 0 Å². The quantitative estimate of drug-likeness (QED) is 0.704. The summed E-state index contributed by atoms with van der Waals surface area (Å²) in [6.07, 6.45) is 2.44. The SMILES string of the molecule is COC(CC(C)C)CC(C)C.COC(CO)CO. The third kappa shape index (κ3) is 13.9. The van der Waals surface area contributed by atoms with Gasteiger partial charge in [-0.3, -0.25) is 0 Å². The molecule has 0 atom stereocenters. The van der Waals surface area contributed by atoms with Crippen LogP contribution in [0.15, 0.2) is 0 Å². The van der Waals surface area contributed by atoms with Gasteiger partial charge in [-0.25, -0.2) is 0 Å². The Hall–Kier alpha value is -0.160. The van der Waals surface area contributed by atoms with Crippen LogP contribution in [0.5, 0.6) is 0 Å². The molecule has 0 saturated heterocycles. The van der Waals surface area contributed by atoms with E-state index in [9.17, 15) is 0 Å². The van der Waals surface area contributed by atoms with Crippen molar-refractivity contribution in [2.24, 2.45) is 11.8 Å². The van der Waals surface area contributed by atoms with Crippen LogP contribution in [0.2, 0.25) is 0 Å². The largest absolute Gasteiger partial charge is 0.394 e. The molecule has 0 spiro atoms. The normalized spacial score (nSPS) is 11.3. The molecule has 0 aliphatic carbocycles. The lowest BCUT2D eigenvalue weighted by atomic mass is 9.98. The van der Waals surface area contributed by atoms with E-state index in [0.29, 0.717) is 6.10 Å². The van der Waals surface area contributed by atoms with Crippen molar-refractivity contribution in [2.75, 3.05) is 27.4 Å². The van der Waals surface area contributed by atoms with E-state index in [1.807, 2.05) is 7.11 Å². The van der Waals surface area contributed by atoms with Gasteiger partial charge in [0, 0.05) is 14.2 Å². The van der Waals surface area contributed by atoms with Crippen LogP contribution in [-0.2, 0) is 9.47 Å². The number of hydrogen-bond donors (Lipinski definition) is 2. The highest BCUT2D eigenvalue weighted by molar-refractivity contribution is 4.62. The molecule has 0 fully saturated rings. The summed E-state index contributed by atoms with van der Waals surface area (Å²) in [6, 6.07) is 0. The van der Waals surface area contributed by atoms with Crippen LogP contribution >= 0.6 is 0 Å². The first-order valence-corrected chi connectivity index (χ1v) is 6.68. The Bertz CT molecular complexity index is 140. The van der Waals surface area contributed by atoms with Gasteiger partial charge in [0.1, 0.15) is 6.10 Å². The zero-order valence-corrected chi connectivity index (χ0v) is 12.8. The highest BCUT2D eigenvalue weighted by Crippen LogP contribution is 2.15. The lowest BCUT2D eigenvalue weighted by Crippen LogP contribution is -2.19. The van der Waals surface area contributed by atoms with E-state index < -0.39 is 6.10 Å². The third-order valence-electron chi connectivity index (χ3n) is 2.54. The van der Waals surface area contributed by atoms with E-state index in [1.165, 1.54) is 20.0 Å². The van der Waals surface area contributed by atoms with Gasteiger partial charge in [0.15, 0.2) is 0 Å². The van der Waals surface area contributed by atoms with E-state index in [1.54, 1.807) is 0 Å². The predicted octanol–water partition coefficient (Wildman–Crippen LogP) is 2.08. The third-order valence-corrected chi connectivity index (χ3v) is 2.54. The molecule has 18 heavy (non-hydrogen) atoms. The summed E-state index contributed by atoms with van der Waals surface area (Å²) in [5, 5.41) is 16.5. The molecule has 0 aliphatic heterocycles. The first kappa shape index (κ1) is 20.2. The molecule has 0 aromatic rings. The van der Waals surface area contributed by atoms with E-state index in [2.05, 4.69) is 32.4 Å². The van der Waals surface area contributed by atoms with Crippen molar-refractivity contribution in [2.45, 2.75) is 52.7 Å². The van der Waals surface area contributed by atoms with Gasteiger partial charge in [-0.05, 0) is 24.7 Å². The van der Waals surface area contributed by atoms with Gasteiger partial charge in [0.05, 0.1) is 19.3 Å². The van der Waals surface area contributed by atoms with Gasteiger partial charge >= 0.3 is 0 Å². The Kier molecular flexibility index (Phi) is 14.9. The molecule has 2 N–H and O–H groups in total. The fraction of sp³-hybridized carbons (Fsp3) is 1.00. The topological polar surface area (TPSA) is 58.9 Å². The van der Waals surface area contributed by atoms with Crippen molar-refractivity contribution in [3.63, 3.8) is 0 Å². The molecule has 0 bridgehead atoms. The first-order valence-electron chi connectivity index (χ1n) is 6.68. The molecule has 4 nitrogen and oxygen atoms in total. The lowest BCUT2D eigenvalue weighted by molar-refractivity contribution is 0.00933. The second-order valence-corrected chi connectivity index (χ2v) is 5.34. The molecule has 112 valence electrons. The summed E-state index contributed by atoms with van der Waals surface area (Å²) in [4.78, 5) is 0. The maximum absolute atomic E-state index is 8.24. The van der Waals surface area contributed by atoms with Crippen molar-refractivity contribution in [1.82, 2.24) is 0 Å². The Morgan fingerprint density at radius 3 is 1.17 bits per heavy atom. The highest BCUT2D eigenvalue weighted by Gasteiger charge is 2.10. The van der Waals surface area contributed by atoms with Crippen LogP contribution < -0.4 is 0 Å². The maximum atomic E-state index is 8.24. The van der Waals surface area contributed by atoms with Crippen LogP contribution in [0.3, 0.4) is 0 Å². The smallest absolute Gasteiger partial charge is 0.103 e. The van der Waals surface area contributed by atoms with Gasteiger partial charge in [-0.1, -0.05) is 27.7 Å². The van der Waals surface area contributed by atoms with Crippen molar-refractivity contribution in [3.8, 4) is 0 Å². The molecule has 0 aromatic carbocycles. The molecule has 0 radical (unpaired) electrons. The zero-order chi connectivity index (χ0) is 14.6. The number of rotatable bonds is 8. The van der Waals surface area contributed by atoms with Crippen molar-refractivity contribution < 1.29 is 19.7 Å².